The van der Waals surface area contributed by atoms with Gasteiger partial charge in [-0.25, -0.2) is 0 Å². The number of fused-ring (bicyclic) bond motifs is 1. The van der Waals surface area contributed by atoms with E-state index in [2.05, 4.69) is 0 Å². The number of hydrogen-bond donors (Lipinski definition) is 2. The van der Waals surface area contributed by atoms with Crippen molar-refractivity contribution in [3.8, 4) is 0 Å². The van der Waals surface area contributed by atoms with Crippen LogP contribution in [0.1, 0.15) is 31.9 Å². The summed E-state index contributed by atoms with van der Waals surface area (Å²) in [6, 6.07) is 5.56. The third kappa shape index (κ3) is 1.44. The molecule has 1 aromatic carbocycles. The average Bonchev–Trinajstić information content (AvgIpc) is 2.47. The van der Waals surface area contributed by atoms with Gasteiger partial charge in [-0.1, -0.05) is 12.1 Å². The Morgan fingerprint density at radius 3 is 2.65 bits per heavy atom. The number of carbonyl (C=O) groups excluding carboxylic acids is 1. The fourth-order valence-electron chi connectivity index (χ4n) is 2.51. The van der Waals surface area contributed by atoms with E-state index in [1.54, 1.807) is 11.0 Å². The molecular weight excluding hydrogens is 214 g/mol. The first-order valence-corrected chi connectivity index (χ1v) is 5.71. The number of benzene rings is 1. The molecule has 0 aliphatic carbocycles. The molecule has 1 heterocycles. The molecule has 1 aromatic rings. The molecule has 3 N–H and O–H groups in total. The number of nitrogens with zero attached hydrogens (tertiary/aromatic N) is 1. The zero-order valence-electron chi connectivity index (χ0n) is 10.4. The topological polar surface area (TPSA) is 70.2 Å². The summed E-state index contributed by atoms with van der Waals surface area (Å²) in [5.74, 6) is 0.0874. The normalized spacial score (nSPS) is 17.1. The molecule has 4 nitrogen and oxygen atoms in total. The molecule has 17 heavy (non-hydrogen) atoms. The molecule has 1 amide bonds. The van der Waals surface area contributed by atoms with E-state index in [-0.39, 0.29) is 11.7 Å². The van der Waals surface area contributed by atoms with Crippen molar-refractivity contribution >= 4 is 17.4 Å². The Labute approximate surface area is 101 Å². The number of hydrogen-bond acceptors (Lipinski definition) is 2. The number of amidine groups is 1. The van der Waals surface area contributed by atoms with E-state index in [0.717, 1.165) is 11.3 Å². The first-order valence-electron chi connectivity index (χ1n) is 5.71. The fourth-order valence-corrected chi connectivity index (χ4v) is 2.51. The van der Waals surface area contributed by atoms with Gasteiger partial charge in [0.2, 0.25) is 5.91 Å². The van der Waals surface area contributed by atoms with Crippen LogP contribution in [-0.4, -0.2) is 18.3 Å². The van der Waals surface area contributed by atoms with Gasteiger partial charge in [-0.15, -0.1) is 0 Å². The monoisotopic (exact) mass is 231 g/mol. The zero-order chi connectivity index (χ0) is 12.8. The second kappa shape index (κ2) is 3.58. The lowest BCUT2D eigenvalue weighted by Gasteiger charge is -2.19. The number of anilines is 1. The molecule has 0 radical (unpaired) electrons. The van der Waals surface area contributed by atoms with Crippen LogP contribution in [0.2, 0.25) is 0 Å². The van der Waals surface area contributed by atoms with Gasteiger partial charge in [-0.2, -0.15) is 0 Å². The molecule has 0 spiro atoms. The smallest absolute Gasteiger partial charge is 0.237 e. The number of carbonyl (C=O) groups is 1. The van der Waals surface area contributed by atoms with Crippen molar-refractivity contribution in [1.82, 2.24) is 0 Å². The van der Waals surface area contributed by atoms with Crippen LogP contribution >= 0.6 is 0 Å². The molecule has 0 atom stereocenters. The number of rotatable bonds is 2. The molecule has 0 fully saturated rings. The molecular formula is C13H17N3O. The summed E-state index contributed by atoms with van der Waals surface area (Å²) < 4.78 is 0. The van der Waals surface area contributed by atoms with E-state index in [4.69, 9.17) is 11.1 Å². The van der Waals surface area contributed by atoms with E-state index in [0.29, 0.717) is 12.1 Å². The number of amides is 1. The summed E-state index contributed by atoms with van der Waals surface area (Å²) in [7, 11) is 0. The molecule has 90 valence electrons. The van der Waals surface area contributed by atoms with Crippen molar-refractivity contribution in [3.63, 3.8) is 0 Å². The Bertz CT molecular complexity index is 505. The van der Waals surface area contributed by atoms with Crippen LogP contribution in [0.3, 0.4) is 0 Å². The summed E-state index contributed by atoms with van der Waals surface area (Å²) in [4.78, 5) is 14.1. The molecule has 0 bridgehead atoms. The lowest BCUT2D eigenvalue weighted by molar-refractivity contribution is -0.122. The Balaban J connectivity index is 2.75. The highest BCUT2D eigenvalue weighted by atomic mass is 16.2. The van der Waals surface area contributed by atoms with E-state index < -0.39 is 5.41 Å². The maximum absolute atomic E-state index is 12.3. The summed E-state index contributed by atoms with van der Waals surface area (Å²) in [6.07, 6.45) is 0. The summed E-state index contributed by atoms with van der Waals surface area (Å²) >= 11 is 0. The van der Waals surface area contributed by atoms with Gasteiger partial charge in [0.25, 0.3) is 0 Å². The maximum atomic E-state index is 12.3. The summed E-state index contributed by atoms with van der Waals surface area (Å²) in [5, 5.41) is 7.62. The van der Waals surface area contributed by atoms with Crippen LogP contribution in [-0.2, 0) is 10.2 Å². The third-order valence-electron chi connectivity index (χ3n) is 3.34. The number of nitrogen functional groups attached to an aromatic ring is 1. The standard InChI is InChI=1S/C13H17N3O/c1-4-16-9-7-5-6-8(11(14)15)10(9)13(2,3)12(16)17/h5-7H,4H2,1-3H3,(H3,14,15). The van der Waals surface area contributed by atoms with Gasteiger partial charge in [0, 0.05) is 23.4 Å². The Morgan fingerprint density at radius 2 is 2.12 bits per heavy atom. The van der Waals surface area contributed by atoms with Crippen molar-refractivity contribution < 1.29 is 4.79 Å². The molecule has 1 aliphatic rings. The molecule has 0 unspecified atom stereocenters. The Morgan fingerprint density at radius 1 is 1.47 bits per heavy atom. The van der Waals surface area contributed by atoms with Crippen LogP contribution in [0.5, 0.6) is 0 Å². The quantitative estimate of drug-likeness (QED) is 0.599. The second-order valence-corrected chi connectivity index (χ2v) is 4.79. The van der Waals surface area contributed by atoms with Gasteiger partial charge in [0.1, 0.15) is 5.84 Å². The molecule has 0 aromatic heterocycles. The van der Waals surface area contributed by atoms with Gasteiger partial charge >= 0.3 is 0 Å². The maximum Gasteiger partial charge on any atom is 0.237 e. The Hall–Kier alpha value is -1.84. The van der Waals surface area contributed by atoms with Crippen molar-refractivity contribution in [3.05, 3.63) is 29.3 Å². The molecule has 1 aliphatic heterocycles. The van der Waals surface area contributed by atoms with Crippen LogP contribution < -0.4 is 10.6 Å². The SMILES string of the molecule is CCN1C(=O)C(C)(C)c2c(C(=N)N)cccc21. The first kappa shape index (κ1) is 11.6. The zero-order valence-corrected chi connectivity index (χ0v) is 10.4. The minimum atomic E-state index is -0.604. The van der Waals surface area contributed by atoms with Crippen LogP contribution in [0.25, 0.3) is 0 Å². The van der Waals surface area contributed by atoms with Gasteiger partial charge in [-0.3, -0.25) is 10.2 Å². The molecule has 0 saturated heterocycles. The highest BCUT2D eigenvalue weighted by Gasteiger charge is 2.44. The lowest BCUT2D eigenvalue weighted by Crippen LogP contribution is -2.36. The predicted octanol–water partition coefficient (Wildman–Crippen LogP) is 1.61. The van der Waals surface area contributed by atoms with Crippen molar-refractivity contribution in [2.24, 2.45) is 5.73 Å². The van der Waals surface area contributed by atoms with Gasteiger partial charge < -0.3 is 10.6 Å². The van der Waals surface area contributed by atoms with E-state index >= 15 is 0 Å². The first-order chi connectivity index (χ1) is 7.91. The number of nitrogens with two attached hydrogens (primary N) is 1. The van der Waals surface area contributed by atoms with Crippen LogP contribution in [0, 0.1) is 5.41 Å². The summed E-state index contributed by atoms with van der Waals surface area (Å²) in [5.41, 5.74) is 7.41. The van der Waals surface area contributed by atoms with Gasteiger partial charge in [0.05, 0.1) is 5.41 Å². The minimum absolute atomic E-state index is 0.0145. The number of likely N-dealkylation sites (N-methyl/N-ethyl adjacent to an activating group) is 1. The highest BCUT2D eigenvalue weighted by molar-refractivity contribution is 6.11. The summed E-state index contributed by atoms with van der Waals surface area (Å²) in [6.45, 7) is 6.35. The van der Waals surface area contributed by atoms with Gasteiger partial charge in [-0.05, 0) is 26.8 Å². The van der Waals surface area contributed by atoms with Crippen LogP contribution in [0.15, 0.2) is 18.2 Å². The van der Waals surface area contributed by atoms with Gasteiger partial charge in [0.15, 0.2) is 0 Å². The van der Waals surface area contributed by atoms with E-state index in [1.165, 1.54) is 0 Å². The lowest BCUT2D eigenvalue weighted by atomic mass is 9.83. The third-order valence-corrected chi connectivity index (χ3v) is 3.34. The highest BCUT2D eigenvalue weighted by Crippen LogP contribution is 2.43. The van der Waals surface area contributed by atoms with E-state index in [1.807, 2.05) is 32.9 Å². The van der Waals surface area contributed by atoms with E-state index in [9.17, 15) is 4.79 Å². The second-order valence-electron chi connectivity index (χ2n) is 4.79. The van der Waals surface area contributed by atoms with Crippen molar-refractivity contribution in [2.75, 3.05) is 11.4 Å². The van der Waals surface area contributed by atoms with Crippen LogP contribution in [0.4, 0.5) is 5.69 Å². The molecule has 0 saturated carbocycles. The molecule has 4 heteroatoms. The number of nitrogens with one attached hydrogen (secondary N) is 1. The van der Waals surface area contributed by atoms with Crippen molar-refractivity contribution in [1.29, 1.82) is 5.41 Å². The fraction of sp³-hybridized carbons (Fsp3) is 0.385. The Kier molecular flexibility index (Phi) is 2.45. The molecule has 2 rings (SSSR count). The minimum Gasteiger partial charge on any atom is -0.384 e. The average molecular weight is 231 g/mol. The van der Waals surface area contributed by atoms with Crippen molar-refractivity contribution in [2.45, 2.75) is 26.2 Å². The largest absolute Gasteiger partial charge is 0.384 e. The predicted molar refractivity (Wildman–Crippen MR) is 68.5 cm³/mol.